The van der Waals surface area contributed by atoms with Crippen molar-refractivity contribution in [3.8, 4) is 0 Å². The number of amides is 1. The minimum atomic E-state index is -0.527. The van der Waals surface area contributed by atoms with Crippen LogP contribution in [0.5, 0.6) is 0 Å². The van der Waals surface area contributed by atoms with Gasteiger partial charge in [0.15, 0.2) is 6.04 Å². The molecule has 1 amide bonds. The van der Waals surface area contributed by atoms with Crippen LogP contribution in [-0.2, 0) is 11.3 Å². The van der Waals surface area contributed by atoms with Crippen LogP contribution in [0, 0.1) is 0 Å². The first kappa shape index (κ1) is 16.9. The number of nitrogens with one attached hydrogen (secondary N) is 1. The summed E-state index contributed by atoms with van der Waals surface area (Å²) in [4.78, 5) is 15.0. The van der Waals surface area contributed by atoms with Crippen LogP contribution in [0.3, 0.4) is 0 Å². The lowest BCUT2D eigenvalue weighted by molar-refractivity contribution is -0.118. The highest BCUT2D eigenvalue weighted by molar-refractivity contribution is 5.95. The van der Waals surface area contributed by atoms with Gasteiger partial charge in [-0.3, -0.25) is 14.2 Å². The molecule has 7 nitrogen and oxygen atoms in total. The highest BCUT2D eigenvalue weighted by Gasteiger charge is 2.23. The van der Waals surface area contributed by atoms with E-state index in [0.717, 1.165) is 18.7 Å². The van der Waals surface area contributed by atoms with Crippen molar-refractivity contribution in [2.75, 3.05) is 26.0 Å². The van der Waals surface area contributed by atoms with Gasteiger partial charge in [-0.05, 0) is 25.7 Å². The maximum atomic E-state index is 12.9. The number of rotatable bonds is 7. The Hall–Kier alpha value is -2.93. The molecule has 3 aromatic rings. The van der Waals surface area contributed by atoms with E-state index in [-0.39, 0.29) is 5.91 Å². The summed E-state index contributed by atoms with van der Waals surface area (Å²) in [6.07, 6.45) is 6.96. The fraction of sp³-hybridized carbons (Fsp3) is 0.278. The van der Waals surface area contributed by atoms with E-state index in [1.807, 2.05) is 61.4 Å². The largest absolute Gasteiger partial charge is 0.321 e. The summed E-state index contributed by atoms with van der Waals surface area (Å²) in [6, 6.07) is 10.9. The van der Waals surface area contributed by atoms with E-state index in [2.05, 4.69) is 20.4 Å². The fourth-order valence-electron chi connectivity index (χ4n) is 2.56. The summed E-state index contributed by atoms with van der Waals surface area (Å²) in [5.74, 6) is -0.151. The average Bonchev–Trinajstić information content (AvgIpc) is 3.26. The lowest BCUT2D eigenvalue weighted by Crippen LogP contribution is -2.27. The van der Waals surface area contributed by atoms with E-state index in [0.29, 0.717) is 5.69 Å². The van der Waals surface area contributed by atoms with E-state index in [9.17, 15) is 4.79 Å². The van der Waals surface area contributed by atoms with Gasteiger partial charge in [-0.1, -0.05) is 30.3 Å². The van der Waals surface area contributed by atoms with E-state index < -0.39 is 6.04 Å². The van der Waals surface area contributed by atoms with Crippen LogP contribution < -0.4 is 5.32 Å². The van der Waals surface area contributed by atoms with Gasteiger partial charge in [-0.25, -0.2) is 0 Å². The predicted molar refractivity (Wildman–Crippen MR) is 96.2 cm³/mol. The molecule has 25 heavy (non-hydrogen) atoms. The number of anilines is 1. The van der Waals surface area contributed by atoms with Crippen LogP contribution in [0.25, 0.3) is 0 Å². The zero-order valence-corrected chi connectivity index (χ0v) is 14.4. The summed E-state index contributed by atoms with van der Waals surface area (Å²) in [5.41, 5.74) is 1.56. The maximum Gasteiger partial charge on any atom is 0.253 e. The second-order valence-electron chi connectivity index (χ2n) is 6.08. The predicted octanol–water partition coefficient (Wildman–Crippen LogP) is 1.87. The summed E-state index contributed by atoms with van der Waals surface area (Å²) >= 11 is 0. The van der Waals surface area contributed by atoms with Crippen molar-refractivity contribution in [1.82, 2.24) is 24.5 Å². The molecule has 0 aliphatic carbocycles. The van der Waals surface area contributed by atoms with Crippen molar-refractivity contribution in [2.45, 2.75) is 12.6 Å². The zero-order valence-electron chi connectivity index (χ0n) is 14.4. The molecular formula is C18H22N6O. The van der Waals surface area contributed by atoms with Gasteiger partial charge in [0, 0.05) is 25.1 Å². The number of carbonyl (C=O) groups excluding carboxylic acids is 1. The van der Waals surface area contributed by atoms with Gasteiger partial charge < -0.3 is 10.2 Å². The fourth-order valence-corrected chi connectivity index (χ4v) is 2.56. The van der Waals surface area contributed by atoms with E-state index in [4.69, 9.17) is 0 Å². The Morgan fingerprint density at radius 1 is 1.20 bits per heavy atom. The average molecular weight is 338 g/mol. The zero-order chi connectivity index (χ0) is 17.6. The minimum absolute atomic E-state index is 0.151. The molecule has 2 aromatic heterocycles. The lowest BCUT2D eigenvalue weighted by Gasteiger charge is -2.17. The molecule has 0 saturated heterocycles. The quantitative estimate of drug-likeness (QED) is 0.714. The smallest absolute Gasteiger partial charge is 0.253 e. The van der Waals surface area contributed by atoms with Crippen molar-refractivity contribution in [2.24, 2.45) is 0 Å². The summed E-state index contributed by atoms with van der Waals surface area (Å²) in [7, 11) is 4.03. The summed E-state index contributed by atoms with van der Waals surface area (Å²) in [6.45, 7) is 1.65. The third-order valence-electron chi connectivity index (χ3n) is 3.83. The third kappa shape index (κ3) is 4.33. The van der Waals surface area contributed by atoms with E-state index in [1.54, 1.807) is 23.3 Å². The number of likely N-dealkylation sites (N-methyl/N-ethyl adjacent to an activating group) is 1. The molecule has 1 aromatic carbocycles. The van der Waals surface area contributed by atoms with E-state index >= 15 is 0 Å². The molecule has 0 aliphatic rings. The van der Waals surface area contributed by atoms with Crippen molar-refractivity contribution >= 4 is 11.6 Å². The number of hydrogen-bond acceptors (Lipinski definition) is 4. The standard InChI is InChI=1S/C18H22N6O/c1-22(2)11-12-23-14-16(13-20-23)21-18(25)17(24-10-6-9-19-24)15-7-4-3-5-8-15/h3-10,13-14,17H,11-12H2,1-2H3,(H,21,25). The normalized spacial score (nSPS) is 12.3. The summed E-state index contributed by atoms with van der Waals surface area (Å²) in [5, 5.41) is 11.5. The molecule has 3 rings (SSSR count). The SMILES string of the molecule is CN(C)CCn1cc(NC(=O)C(c2ccccc2)n2cccn2)cn1. The molecule has 0 radical (unpaired) electrons. The van der Waals surface area contributed by atoms with Gasteiger partial charge in [0.25, 0.3) is 5.91 Å². The Balaban J connectivity index is 1.75. The van der Waals surface area contributed by atoms with Crippen molar-refractivity contribution in [3.63, 3.8) is 0 Å². The molecule has 0 bridgehead atoms. The van der Waals surface area contributed by atoms with Gasteiger partial charge in [-0.2, -0.15) is 10.2 Å². The molecule has 1 unspecified atom stereocenters. The van der Waals surface area contributed by atoms with Crippen LogP contribution in [0.15, 0.2) is 61.2 Å². The van der Waals surface area contributed by atoms with Gasteiger partial charge >= 0.3 is 0 Å². The van der Waals surface area contributed by atoms with Gasteiger partial charge in [0.05, 0.1) is 18.4 Å². The molecule has 0 fully saturated rings. The Bertz CT molecular complexity index is 794. The monoisotopic (exact) mass is 338 g/mol. The Morgan fingerprint density at radius 2 is 2.00 bits per heavy atom. The lowest BCUT2D eigenvalue weighted by atomic mass is 10.1. The van der Waals surface area contributed by atoms with Crippen LogP contribution >= 0.6 is 0 Å². The Kier molecular flexibility index (Phi) is 5.25. The molecule has 1 atom stereocenters. The van der Waals surface area contributed by atoms with Crippen molar-refractivity contribution in [3.05, 3.63) is 66.7 Å². The minimum Gasteiger partial charge on any atom is -0.321 e. The number of hydrogen-bond donors (Lipinski definition) is 1. The van der Waals surface area contributed by atoms with E-state index in [1.165, 1.54) is 0 Å². The highest BCUT2D eigenvalue weighted by atomic mass is 16.2. The first-order valence-corrected chi connectivity index (χ1v) is 8.15. The van der Waals surface area contributed by atoms with Gasteiger partial charge in [0.1, 0.15) is 0 Å². The molecular weight excluding hydrogens is 316 g/mol. The molecule has 1 N–H and O–H groups in total. The Labute approximate surface area is 146 Å². The molecule has 2 heterocycles. The van der Waals surface area contributed by atoms with Crippen LogP contribution in [0.4, 0.5) is 5.69 Å². The molecule has 130 valence electrons. The molecule has 0 spiro atoms. The topological polar surface area (TPSA) is 68.0 Å². The molecule has 0 saturated carbocycles. The van der Waals surface area contributed by atoms with Gasteiger partial charge in [-0.15, -0.1) is 0 Å². The van der Waals surface area contributed by atoms with Crippen LogP contribution in [0.2, 0.25) is 0 Å². The number of aromatic nitrogens is 4. The van der Waals surface area contributed by atoms with Crippen LogP contribution in [0.1, 0.15) is 11.6 Å². The van der Waals surface area contributed by atoms with Crippen molar-refractivity contribution < 1.29 is 4.79 Å². The third-order valence-corrected chi connectivity index (χ3v) is 3.83. The highest BCUT2D eigenvalue weighted by Crippen LogP contribution is 2.19. The Morgan fingerprint density at radius 3 is 2.68 bits per heavy atom. The molecule has 0 aliphatic heterocycles. The van der Waals surface area contributed by atoms with Crippen molar-refractivity contribution in [1.29, 1.82) is 0 Å². The number of carbonyl (C=O) groups is 1. The maximum absolute atomic E-state index is 12.9. The molecule has 7 heteroatoms. The van der Waals surface area contributed by atoms with Crippen LogP contribution in [-0.4, -0.2) is 51.0 Å². The summed E-state index contributed by atoms with van der Waals surface area (Å²) < 4.78 is 3.47. The number of benzene rings is 1. The first-order chi connectivity index (χ1) is 12.1. The van der Waals surface area contributed by atoms with Gasteiger partial charge in [0.2, 0.25) is 0 Å². The second-order valence-corrected chi connectivity index (χ2v) is 6.08. The second kappa shape index (κ2) is 7.76. The number of nitrogens with zero attached hydrogens (tertiary/aromatic N) is 5. The first-order valence-electron chi connectivity index (χ1n) is 8.15.